The van der Waals surface area contributed by atoms with E-state index in [2.05, 4.69) is 47.4 Å². The number of nitrogens with zero attached hydrogens (tertiary/aromatic N) is 1. The second-order valence-corrected chi connectivity index (χ2v) is 8.91. The van der Waals surface area contributed by atoms with E-state index in [1.807, 2.05) is 6.08 Å². The molecule has 2 unspecified atom stereocenters. The molecule has 144 valence electrons. The van der Waals surface area contributed by atoms with Gasteiger partial charge in [0.1, 0.15) is 12.2 Å². The van der Waals surface area contributed by atoms with Crippen LogP contribution in [0.25, 0.3) is 0 Å². The number of hydrogen-bond donors (Lipinski definition) is 2. The summed E-state index contributed by atoms with van der Waals surface area (Å²) in [6.07, 6.45) is 6.25. The van der Waals surface area contributed by atoms with Crippen LogP contribution in [0.15, 0.2) is 54.6 Å². The molecule has 2 aliphatic carbocycles. The Kier molecular flexibility index (Phi) is 3.34. The number of aromatic hydroxyl groups is 1. The Hall–Kier alpha value is -2.30. The Morgan fingerprint density at radius 2 is 1.96 bits per heavy atom. The second kappa shape index (κ2) is 5.62. The van der Waals surface area contributed by atoms with E-state index in [9.17, 15) is 10.2 Å². The summed E-state index contributed by atoms with van der Waals surface area (Å²) >= 11 is 0. The lowest BCUT2D eigenvalue weighted by Gasteiger charge is -2.60. The predicted octanol–water partition coefficient (Wildman–Crippen LogP) is 3.16. The fourth-order valence-corrected chi connectivity index (χ4v) is 6.47. The number of likely N-dealkylation sites (tertiary alicyclic amines) is 1. The van der Waals surface area contributed by atoms with Gasteiger partial charge in [0, 0.05) is 24.1 Å². The van der Waals surface area contributed by atoms with Gasteiger partial charge in [0.25, 0.3) is 0 Å². The summed E-state index contributed by atoms with van der Waals surface area (Å²) in [5.74, 6) is 0.822. The monoisotopic (exact) mass is 375 g/mol. The molecule has 4 nitrogen and oxygen atoms in total. The number of aliphatic hydroxyl groups is 1. The van der Waals surface area contributed by atoms with Gasteiger partial charge >= 0.3 is 0 Å². The largest absolute Gasteiger partial charge is 0.504 e. The minimum Gasteiger partial charge on any atom is -0.504 e. The molecular formula is C24H25NO3. The van der Waals surface area contributed by atoms with E-state index in [-0.39, 0.29) is 22.7 Å². The Morgan fingerprint density at radius 1 is 1.11 bits per heavy atom. The van der Waals surface area contributed by atoms with E-state index >= 15 is 0 Å². The molecule has 0 bridgehead atoms. The maximum atomic E-state index is 10.8. The first-order valence-corrected chi connectivity index (χ1v) is 10.3. The van der Waals surface area contributed by atoms with E-state index in [4.69, 9.17) is 4.74 Å². The smallest absolute Gasteiger partial charge is 0.165 e. The molecule has 1 fully saturated rings. The summed E-state index contributed by atoms with van der Waals surface area (Å²) in [5.41, 5.74) is 3.49. The molecule has 0 amide bonds. The van der Waals surface area contributed by atoms with E-state index in [0.29, 0.717) is 5.75 Å². The van der Waals surface area contributed by atoms with Gasteiger partial charge in [-0.05, 0) is 43.0 Å². The first kappa shape index (κ1) is 16.6. The first-order chi connectivity index (χ1) is 13.6. The van der Waals surface area contributed by atoms with Gasteiger partial charge in [0.15, 0.2) is 11.5 Å². The highest BCUT2D eigenvalue weighted by Gasteiger charge is 2.67. The van der Waals surface area contributed by atoms with Crippen LogP contribution >= 0.6 is 0 Å². The Labute approximate surface area is 165 Å². The van der Waals surface area contributed by atoms with Crippen molar-refractivity contribution in [3.63, 3.8) is 0 Å². The highest BCUT2D eigenvalue weighted by Crippen LogP contribution is 2.66. The summed E-state index contributed by atoms with van der Waals surface area (Å²) < 4.78 is 6.28. The molecule has 1 spiro atoms. The van der Waals surface area contributed by atoms with Gasteiger partial charge in [0.2, 0.25) is 0 Å². The number of phenolic OH excluding ortho intramolecular Hbond substituents is 1. The van der Waals surface area contributed by atoms with Crippen molar-refractivity contribution in [3.8, 4) is 11.5 Å². The molecule has 0 saturated carbocycles. The van der Waals surface area contributed by atoms with Gasteiger partial charge in [-0.1, -0.05) is 48.6 Å². The standard InChI is InChI=1S/C24H25NO3/c26-18-7-6-17-8-10-23-11-9-19(27)22-24(23,20(17)21(18)28-22)12-13-25(15-23)14-16-4-2-1-3-5-16/h1-7,9,11,19,22,26-27H,8,10,12-15H2/t19-,22-,23?,24?/m0/s1. The molecular weight excluding hydrogens is 350 g/mol. The lowest BCUT2D eigenvalue weighted by molar-refractivity contribution is -0.0755. The number of phenols is 1. The van der Waals surface area contributed by atoms with Crippen LogP contribution in [0.1, 0.15) is 29.5 Å². The van der Waals surface area contributed by atoms with Gasteiger partial charge in [0.05, 0.1) is 5.41 Å². The number of rotatable bonds is 2. The lowest BCUT2D eigenvalue weighted by Crippen LogP contribution is -2.66. The normalized spacial score (nSPS) is 35.2. The minimum absolute atomic E-state index is 0.0596. The second-order valence-electron chi connectivity index (χ2n) is 8.91. The van der Waals surface area contributed by atoms with Crippen molar-refractivity contribution in [3.05, 3.63) is 71.3 Å². The highest BCUT2D eigenvalue weighted by atomic mass is 16.5. The predicted molar refractivity (Wildman–Crippen MR) is 106 cm³/mol. The quantitative estimate of drug-likeness (QED) is 0.792. The third kappa shape index (κ3) is 1.97. The third-order valence-corrected chi connectivity index (χ3v) is 7.63. The zero-order chi connectivity index (χ0) is 18.9. The third-order valence-electron chi connectivity index (χ3n) is 7.63. The molecule has 2 N–H and O–H groups in total. The Balaban J connectivity index is 1.46. The van der Waals surface area contributed by atoms with Crippen molar-refractivity contribution in [1.82, 2.24) is 4.90 Å². The molecule has 2 heterocycles. The van der Waals surface area contributed by atoms with Crippen LogP contribution in [0.5, 0.6) is 11.5 Å². The molecule has 4 atom stereocenters. The van der Waals surface area contributed by atoms with Crippen molar-refractivity contribution in [2.24, 2.45) is 5.41 Å². The van der Waals surface area contributed by atoms with Crippen molar-refractivity contribution in [2.75, 3.05) is 13.1 Å². The summed E-state index contributed by atoms with van der Waals surface area (Å²) in [6.45, 7) is 2.87. The van der Waals surface area contributed by atoms with Crippen molar-refractivity contribution < 1.29 is 14.9 Å². The van der Waals surface area contributed by atoms with Gasteiger partial charge in [-0.15, -0.1) is 0 Å². The summed E-state index contributed by atoms with van der Waals surface area (Å²) in [6, 6.07) is 14.4. The molecule has 4 aliphatic rings. The lowest BCUT2D eigenvalue weighted by atomic mass is 9.47. The van der Waals surface area contributed by atoms with E-state index in [1.165, 1.54) is 16.7 Å². The van der Waals surface area contributed by atoms with Gasteiger partial charge < -0.3 is 14.9 Å². The van der Waals surface area contributed by atoms with Gasteiger partial charge in [-0.25, -0.2) is 0 Å². The Bertz CT molecular complexity index is 971. The van der Waals surface area contributed by atoms with Crippen molar-refractivity contribution >= 4 is 0 Å². The maximum Gasteiger partial charge on any atom is 0.165 e. The number of aryl methyl sites for hydroxylation is 1. The molecule has 2 aromatic rings. The highest BCUT2D eigenvalue weighted by molar-refractivity contribution is 5.62. The SMILES string of the molecule is Oc1ccc2c3c1O[C@H]1[C@@H](O)C=CC4(CC2)CN(Cc2ccccc2)CCC314. The van der Waals surface area contributed by atoms with Crippen LogP contribution < -0.4 is 4.74 Å². The molecule has 6 rings (SSSR count). The van der Waals surface area contributed by atoms with Crippen molar-refractivity contribution in [2.45, 2.75) is 43.4 Å². The Morgan fingerprint density at radius 3 is 2.82 bits per heavy atom. The number of benzene rings is 2. The van der Waals surface area contributed by atoms with Crippen LogP contribution in [0, 0.1) is 5.41 Å². The molecule has 0 radical (unpaired) electrons. The number of ether oxygens (including phenoxy) is 1. The van der Waals surface area contributed by atoms with Gasteiger partial charge in [-0.2, -0.15) is 0 Å². The van der Waals surface area contributed by atoms with Crippen LogP contribution in [0.3, 0.4) is 0 Å². The molecule has 0 aromatic heterocycles. The van der Waals surface area contributed by atoms with E-state index < -0.39 is 6.10 Å². The molecule has 4 heteroatoms. The van der Waals surface area contributed by atoms with Crippen molar-refractivity contribution in [1.29, 1.82) is 0 Å². The van der Waals surface area contributed by atoms with Crippen LogP contribution in [-0.2, 0) is 18.4 Å². The average molecular weight is 375 g/mol. The number of aliphatic hydroxyl groups excluding tert-OH is 1. The summed E-state index contributed by atoms with van der Waals surface area (Å²) in [7, 11) is 0. The maximum absolute atomic E-state index is 10.8. The zero-order valence-electron chi connectivity index (χ0n) is 15.8. The molecule has 2 aliphatic heterocycles. The average Bonchev–Trinajstić information content (AvgIpc) is 3.08. The van der Waals surface area contributed by atoms with Crippen LogP contribution in [-0.4, -0.2) is 40.4 Å². The van der Waals surface area contributed by atoms with Gasteiger partial charge in [-0.3, -0.25) is 4.90 Å². The minimum atomic E-state index is -0.633. The van der Waals surface area contributed by atoms with Crippen LogP contribution in [0.4, 0.5) is 0 Å². The molecule has 2 aromatic carbocycles. The fraction of sp³-hybridized carbons (Fsp3) is 0.417. The topological polar surface area (TPSA) is 52.9 Å². The summed E-state index contributed by atoms with van der Waals surface area (Å²) in [5, 5.41) is 21.3. The molecule has 28 heavy (non-hydrogen) atoms. The first-order valence-electron chi connectivity index (χ1n) is 10.3. The zero-order valence-corrected chi connectivity index (χ0v) is 15.8. The van der Waals surface area contributed by atoms with E-state index in [1.54, 1.807) is 6.07 Å². The molecule has 1 saturated heterocycles. The fourth-order valence-electron chi connectivity index (χ4n) is 6.47. The summed E-state index contributed by atoms with van der Waals surface area (Å²) in [4.78, 5) is 2.55. The van der Waals surface area contributed by atoms with Crippen LogP contribution in [0.2, 0.25) is 0 Å². The number of piperidine rings is 1. The number of hydrogen-bond acceptors (Lipinski definition) is 4. The van der Waals surface area contributed by atoms with E-state index in [0.717, 1.165) is 38.9 Å².